The highest BCUT2D eigenvalue weighted by Gasteiger charge is 2.17. The Morgan fingerprint density at radius 3 is 1.27 bits per heavy atom. The normalized spacial score (nSPS) is 13.4. The maximum Gasteiger partial charge on any atom is 0.0489 e. The number of hydrogen-bond donors (Lipinski definition) is 0. The minimum absolute atomic E-state index is 0.127. The molecular formula is C34H32Cl2S. The summed E-state index contributed by atoms with van der Waals surface area (Å²) in [4.78, 5) is 0. The van der Waals surface area contributed by atoms with Crippen molar-refractivity contribution in [3.05, 3.63) is 152 Å². The van der Waals surface area contributed by atoms with Gasteiger partial charge in [-0.15, -0.1) is 11.8 Å². The molecule has 0 aromatic heterocycles. The zero-order valence-corrected chi connectivity index (χ0v) is 24.0. The molecule has 0 aliphatic rings. The molecule has 0 saturated carbocycles. The lowest BCUT2D eigenvalue weighted by molar-refractivity contribution is 1.17. The third-order valence-corrected chi connectivity index (χ3v) is 8.39. The van der Waals surface area contributed by atoms with Gasteiger partial charge in [-0.25, -0.2) is 0 Å². The molecule has 0 N–H and O–H groups in total. The lowest BCUT2D eigenvalue weighted by Crippen LogP contribution is -1.97. The fourth-order valence-electron chi connectivity index (χ4n) is 4.34. The lowest BCUT2D eigenvalue weighted by Gasteiger charge is -2.21. The Morgan fingerprint density at radius 2 is 0.919 bits per heavy atom. The minimum atomic E-state index is 0.127. The van der Waals surface area contributed by atoms with Crippen LogP contribution in [0.4, 0.5) is 0 Å². The topological polar surface area (TPSA) is 0 Å². The van der Waals surface area contributed by atoms with Crippen LogP contribution in [0.25, 0.3) is 12.2 Å². The summed E-state index contributed by atoms with van der Waals surface area (Å²) in [5.41, 5.74) is 10.0. The molecule has 2 atom stereocenters. The van der Waals surface area contributed by atoms with Gasteiger partial charge in [-0.3, -0.25) is 0 Å². The third-order valence-electron chi connectivity index (χ3n) is 6.44. The van der Waals surface area contributed by atoms with E-state index in [4.69, 9.17) is 23.2 Å². The van der Waals surface area contributed by atoms with Gasteiger partial charge in [0.1, 0.15) is 0 Å². The molecule has 0 amide bonds. The monoisotopic (exact) mass is 542 g/mol. The van der Waals surface area contributed by atoms with Crippen molar-refractivity contribution in [2.45, 2.75) is 38.2 Å². The maximum atomic E-state index is 6.24. The summed E-state index contributed by atoms with van der Waals surface area (Å²) >= 11 is 14.4. The van der Waals surface area contributed by atoms with Gasteiger partial charge in [0, 0.05) is 20.5 Å². The van der Waals surface area contributed by atoms with E-state index in [0.717, 1.165) is 10.0 Å². The van der Waals surface area contributed by atoms with Crippen molar-refractivity contribution in [1.29, 1.82) is 0 Å². The quantitative estimate of drug-likeness (QED) is 0.213. The zero-order valence-electron chi connectivity index (χ0n) is 21.7. The fourth-order valence-corrected chi connectivity index (χ4v) is 5.88. The van der Waals surface area contributed by atoms with E-state index in [-0.39, 0.29) is 10.5 Å². The van der Waals surface area contributed by atoms with Crippen LogP contribution in [-0.4, -0.2) is 0 Å². The second-order valence-corrected chi connectivity index (χ2v) is 11.7. The van der Waals surface area contributed by atoms with Crippen LogP contribution in [0.5, 0.6) is 0 Å². The Bertz CT molecular complexity index is 1290. The number of aryl methyl sites for hydroxylation is 4. The van der Waals surface area contributed by atoms with Crippen molar-refractivity contribution in [3.8, 4) is 0 Å². The van der Waals surface area contributed by atoms with E-state index in [1.54, 1.807) is 0 Å². The molecule has 0 aliphatic heterocycles. The highest BCUT2D eigenvalue weighted by molar-refractivity contribution is 8.00. The average Bonchev–Trinajstić information content (AvgIpc) is 2.87. The first-order chi connectivity index (χ1) is 17.8. The smallest absolute Gasteiger partial charge is 0.0489 e. The SMILES string of the molecule is Cc1ccc(C=CC(SC(/C=C\c2ccc(C)cc2C)c2ccc(Cl)cc2)c2ccc(Cl)cc2)c(C)c1. The second-order valence-electron chi connectivity index (χ2n) is 9.52. The maximum absolute atomic E-state index is 6.24. The van der Waals surface area contributed by atoms with Gasteiger partial charge in [0.2, 0.25) is 0 Å². The Hall–Kier alpha value is -2.71. The molecule has 0 saturated heterocycles. The van der Waals surface area contributed by atoms with Gasteiger partial charge >= 0.3 is 0 Å². The number of thioether (sulfide) groups is 1. The van der Waals surface area contributed by atoms with Crippen LogP contribution in [-0.2, 0) is 0 Å². The van der Waals surface area contributed by atoms with E-state index in [0.29, 0.717) is 0 Å². The molecule has 0 fully saturated rings. The predicted molar refractivity (Wildman–Crippen MR) is 166 cm³/mol. The van der Waals surface area contributed by atoms with E-state index < -0.39 is 0 Å². The molecule has 4 aromatic carbocycles. The molecule has 3 heteroatoms. The Balaban J connectivity index is 1.71. The summed E-state index contributed by atoms with van der Waals surface area (Å²) in [5, 5.41) is 1.74. The van der Waals surface area contributed by atoms with Gasteiger partial charge in [0.25, 0.3) is 0 Å². The second kappa shape index (κ2) is 12.7. The van der Waals surface area contributed by atoms with E-state index in [9.17, 15) is 0 Å². The Kier molecular flexibility index (Phi) is 9.38. The summed E-state index contributed by atoms with van der Waals surface area (Å²) in [6.45, 7) is 8.60. The Morgan fingerprint density at radius 1 is 0.541 bits per heavy atom. The van der Waals surface area contributed by atoms with Gasteiger partial charge in [0.05, 0.1) is 0 Å². The molecule has 37 heavy (non-hydrogen) atoms. The number of halogens is 2. The summed E-state index contributed by atoms with van der Waals surface area (Å²) in [6.07, 6.45) is 9.10. The number of benzene rings is 4. The predicted octanol–water partition coefficient (Wildman–Crippen LogP) is 11.2. The molecule has 188 valence electrons. The first kappa shape index (κ1) is 27.3. The van der Waals surface area contributed by atoms with Gasteiger partial charge in [-0.1, -0.05) is 119 Å². The van der Waals surface area contributed by atoms with E-state index in [1.165, 1.54) is 44.5 Å². The van der Waals surface area contributed by atoms with Crippen LogP contribution in [0.1, 0.15) is 55.0 Å². The number of rotatable bonds is 8. The molecule has 2 unspecified atom stereocenters. The van der Waals surface area contributed by atoms with Gasteiger partial charge < -0.3 is 0 Å². The molecule has 0 spiro atoms. The molecule has 0 nitrogen and oxygen atoms in total. The molecule has 0 aliphatic carbocycles. The molecule has 0 radical (unpaired) electrons. The third kappa shape index (κ3) is 7.65. The zero-order chi connectivity index (χ0) is 26.4. The van der Waals surface area contributed by atoms with Gasteiger partial charge in [-0.2, -0.15) is 0 Å². The largest absolute Gasteiger partial charge is 0.137 e. The van der Waals surface area contributed by atoms with E-state index in [1.807, 2.05) is 36.0 Å². The highest BCUT2D eigenvalue weighted by Crippen LogP contribution is 2.43. The summed E-state index contributed by atoms with van der Waals surface area (Å²) in [6, 6.07) is 29.6. The van der Waals surface area contributed by atoms with Crippen LogP contribution in [0.15, 0.2) is 97.1 Å². The van der Waals surface area contributed by atoms with Crippen LogP contribution in [0.3, 0.4) is 0 Å². The molecular weight excluding hydrogens is 511 g/mol. The summed E-state index contributed by atoms with van der Waals surface area (Å²) < 4.78 is 0. The standard InChI is InChI=1S/C34H32Cl2S/c1-23-5-7-27(25(3)21-23)13-19-33(29-9-15-31(35)16-10-29)37-34(30-11-17-32(36)18-12-30)20-14-28-8-6-24(2)22-26(28)4/h5-22,33-34H,1-4H3/b19-13-,20-14?. The van der Waals surface area contributed by atoms with Crippen molar-refractivity contribution in [2.75, 3.05) is 0 Å². The van der Waals surface area contributed by atoms with Crippen molar-refractivity contribution >= 4 is 47.1 Å². The van der Waals surface area contributed by atoms with Crippen molar-refractivity contribution in [2.24, 2.45) is 0 Å². The molecule has 0 heterocycles. The molecule has 4 aromatic rings. The van der Waals surface area contributed by atoms with Crippen LogP contribution in [0.2, 0.25) is 10.0 Å². The fraction of sp³-hybridized carbons (Fsp3) is 0.176. The summed E-state index contributed by atoms with van der Waals surface area (Å²) in [7, 11) is 0. The van der Waals surface area contributed by atoms with E-state index in [2.05, 4.69) is 113 Å². The average molecular weight is 544 g/mol. The van der Waals surface area contributed by atoms with Crippen molar-refractivity contribution in [3.63, 3.8) is 0 Å². The van der Waals surface area contributed by atoms with Gasteiger partial charge in [-0.05, 0) is 85.3 Å². The molecule has 4 rings (SSSR count). The van der Waals surface area contributed by atoms with Crippen LogP contribution < -0.4 is 0 Å². The van der Waals surface area contributed by atoms with Gasteiger partial charge in [0.15, 0.2) is 0 Å². The number of hydrogen-bond acceptors (Lipinski definition) is 1. The van der Waals surface area contributed by atoms with Crippen molar-refractivity contribution < 1.29 is 0 Å². The first-order valence-electron chi connectivity index (χ1n) is 12.5. The lowest BCUT2D eigenvalue weighted by atomic mass is 10.0. The first-order valence-corrected chi connectivity index (χ1v) is 14.2. The van der Waals surface area contributed by atoms with Crippen molar-refractivity contribution in [1.82, 2.24) is 0 Å². The summed E-state index contributed by atoms with van der Waals surface area (Å²) in [5.74, 6) is 0. The van der Waals surface area contributed by atoms with Crippen LogP contribution in [0, 0.1) is 27.7 Å². The van der Waals surface area contributed by atoms with Crippen LogP contribution >= 0.6 is 35.0 Å². The van der Waals surface area contributed by atoms with E-state index >= 15 is 0 Å². The highest BCUT2D eigenvalue weighted by atomic mass is 35.5. The minimum Gasteiger partial charge on any atom is -0.137 e. The Labute approximate surface area is 236 Å². The molecule has 0 bridgehead atoms.